The molecule has 1 aromatic carbocycles. The van der Waals surface area contributed by atoms with Gasteiger partial charge >= 0.3 is 0 Å². The number of halogens is 1. The average Bonchev–Trinajstić information content (AvgIpc) is 2.98. The molecule has 2 unspecified atom stereocenters. The molecular weight excluding hydrogens is 313 g/mol. The van der Waals surface area contributed by atoms with Gasteiger partial charge in [-0.15, -0.1) is 0 Å². The molecule has 0 fully saturated rings. The van der Waals surface area contributed by atoms with Gasteiger partial charge in [-0.2, -0.15) is 5.10 Å². The van der Waals surface area contributed by atoms with E-state index in [1.165, 1.54) is 19.2 Å². The van der Waals surface area contributed by atoms with Crippen LogP contribution in [0, 0.1) is 12.7 Å². The van der Waals surface area contributed by atoms with Gasteiger partial charge in [0, 0.05) is 32.0 Å². The van der Waals surface area contributed by atoms with Crippen LogP contribution >= 0.6 is 0 Å². The molecule has 0 aliphatic heterocycles. The van der Waals surface area contributed by atoms with Gasteiger partial charge in [0.05, 0.1) is 12.5 Å². The SMILES string of the molecule is COC(CC(=O)NO)C(Cc1ccc(F)cc1C)c1ccnn1C. The molecule has 2 aromatic rings. The van der Waals surface area contributed by atoms with Gasteiger partial charge in [-0.05, 0) is 42.7 Å². The average molecular weight is 335 g/mol. The first-order valence-corrected chi connectivity index (χ1v) is 7.65. The van der Waals surface area contributed by atoms with Crippen LogP contribution < -0.4 is 5.48 Å². The molecule has 6 nitrogen and oxygen atoms in total. The Morgan fingerprint density at radius 3 is 2.75 bits per heavy atom. The highest BCUT2D eigenvalue weighted by Crippen LogP contribution is 2.29. The van der Waals surface area contributed by atoms with Gasteiger partial charge in [-0.3, -0.25) is 14.7 Å². The minimum atomic E-state index is -0.523. The molecule has 1 amide bonds. The van der Waals surface area contributed by atoms with Gasteiger partial charge in [0.25, 0.3) is 0 Å². The molecule has 0 bridgehead atoms. The molecule has 0 spiro atoms. The highest BCUT2D eigenvalue weighted by atomic mass is 19.1. The molecule has 0 saturated carbocycles. The Labute approximate surface area is 140 Å². The van der Waals surface area contributed by atoms with E-state index in [0.717, 1.165) is 16.8 Å². The summed E-state index contributed by atoms with van der Waals surface area (Å²) in [6, 6.07) is 6.52. The number of hydroxylamine groups is 1. The van der Waals surface area contributed by atoms with Gasteiger partial charge in [-0.25, -0.2) is 9.87 Å². The third kappa shape index (κ3) is 4.18. The molecule has 0 aliphatic rings. The summed E-state index contributed by atoms with van der Waals surface area (Å²) in [6.07, 6.45) is 1.78. The monoisotopic (exact) mass is 335 g/mol. The van der Waals surface area contributed by atoms with Gasteiger partial charge in [-0.1, -0.05) is 6.07 Å². The second kappa shape index (κ2) is 8.03. The first kappa shape index (κ1) is 18.1. The summed E-state index contributed by atoms with van der Waals surface area (Å²) < 4.78 is 20.6. The lowest BCUT2D eigenvalue weighted by Crippen LogP contribution is -2.32. The number of nitrogens with one attached hydrogen (secondary N) is 1. The van der Waals surface area contributed by atoms with Crippen LogP contribution in [-0.2, 0) is 23.0 Å². The van der Waals surface area contributed by atoms with Crippen LogP contribution in [0.15, 0.2) is 30.5 Å². The van der Waals surface area contributed by atoms with E-state index < -0.39 is 12.0 Å². The van der Waals surface area contributed by atoms with E-state index in [4.69, 9.17) is 9.94 Å². The van der Waals surface area contributed by atoms with Crippen LogP contribution in [0.5, 0.6) is 0 Å². The van der Waals surface area contributed by atoms with Crippen molar-refractivity contribution < 1.29 is 19.1 Å². The van der Waals surface area contributed by atoms with Crippen LogP contribution in [0.3, 0.4) is 0 Å². The molecule has 2 N–H and O–H groups in total. The normalized spacial score (nSPS) is 13.5. The number of benzene rings is 1. The van der Waals surface area contributed by atoms with Crippen molar-refractivity contribution >= 4 is 5.91 Å². The predicted molar refractivity (Wildman–Crippen MR) is 86.1 cm³/mol. The minimum Gasteiger partial charge on any atom is -0.380 e. The highest BCUT2D eigenvalue weighted by Gasteiger charge is 2.28. The van der Waals surface area contributed by atoms with Crippen molar-refractivity contribution in [1.82, 2.24) is 15.3 Å². The molecule has 24 heavy (non-hydrogen) atoms. The smallest absolute Gasteiger partial charge is 0.245 e. The van der Waals surface area contributed by atoms with Crippen LogP contribution in [0.2, 0.25) is 0 Å². The second-order valence-corrected chi connectivity index (χ2v) is 5.77. The summed E-state index contributed by atoms with van der Waals surface area (Å²) in [6.45, 7) is 1.85. The van der Waals surface area contributed by atoms with Gasteiger partial charge in [0.1, 0.15) is 5.82 Å². The standard InChI is InChI=1S/C17H22FN3O3/c1-11-8-13(18)5-4-12(11)9-14(15-6-7-19-21(15)2)16(24-3)10-17(22)20-23/h4-8,14,16,23H,9-10H2,1-3H3,(H,20,22). The summed E-state index contributed by atoms with van der Waals surface area (Å²) >= 11 is 0. The zero-order valence-electron chi connectivity index (χ0n) is 14.0. The van der Waals surface area contributed by atoms with Crippen molar-refractivity contribution in [2.45, 2.75) is 31.8 Å². The van der Waals surface area contributed by atoms with Crippen molar-refractivity contribution in [1.29, 1.82) is 0 Å². The van der Waals surface area contributed by atoms with Crippen molar-refractivity contribution in [3.8, 4) is 0 Å². The third-order valence-electron chi connectivity index (χ3n) is 4.25. The topological polar surface area (TPSA) is 76.4 Å². The Kier molecular flexibility index (Phi) is 6.05. The lowest BCUT2D eigenvalue weighted by atomic mass is 9.87. The lowest BCUT2D eigenvalue weighted by molar-refractivity contribution is -0.132. The summed E-state index contributed by atoms with van der Waals surface area (Å²) in [5.41, 5.74) is 4.34. The number of hydrogen-bond donors (Lipinski definition) is 2. The number of methoxy groups -OCH3 is 1. The molecular formula is C17H22FN3O3. The number of aryl methyl sites for hydroxylation is 2. The fourth-order valence-electron chi connectivity index (χ4n) is 2.92. The van der Waals surface area contributed by atoms with Crippen LogP contribution in [-0.4, -0.2) is 34.1 Å². The van der Waals surface area contributed by atoms with Crippen molar-refractivity contribution in [3.05, 3.63) is 53.1 Å². The number of rotatable bonds is 7. The Balaban J connectivity index is 2.35. The number of hydrogen-bond acceptors (Lipinski definition) is 4. The summed E-state index contributed by atoms with van der Waals surface area (Å²) in [4.78, 5) is 11.6. The zero-order valence-corrected chi connectivity index (χ0v) is 14.0. The molecule has 7 heteroatoms. The summed E-state index contributed by atoms with van der Waals surface area (Å²) in [7, 11) is 3.34. The van der Waals surface area contributed by atoms with E-state index in [1.807, 2.05) is 20.0 Å². The Bertz CT molecular complexity index is 702. The molecule has 2 atom stereocenters. The molecule has 1 heterocycles. The van der Waals surface area contributed by atoms with Gasteiger partial charge in [0.15, 0.2) is 0 Å². The largest absolute Gasteiger partial charge is 0.380 e. The lowest BCUT2D eigenvalue weighted by Gasteiger charge is -2.26. The van der Waals surface area contributed by atoms with E-state index in [1.54, 1.807) is 22.4 Å². The molecule has 2 rings (SSSR count). The van der Waals surface area contributed by atoms with Crippen molar-refractivity contribution in [2.24, 2.45) is 7.05 Å². The molecule has 0 radical (unpaired) electrons. The first-order chi connectivity index (χ1) is 11.5. The minimum absolute atomic E-state index is 0.00306. The number of ether oxygens (including phenoxy) is 1. The fraction of sp³-hybridized carbons (Fsp3) is 0.412. The third-order valence-corrected chi connectivity index (χ3v) is 4.25. The summed E-state index contributed by atoms with van der Waals surface area (Å²) in [5.74, 6) is -0.981. The number of nitrogens with zero attached hydrogens (tertiary/aromatic N) is 2. The van der Waals surface area contributed by atoms with E-state index in [0.29, 0.717) is 6.42 Å². The second-order valence-electron chi connectivity index (χ2n) is 5.77. The zero-order chi connectivity index (χ0) is 17.7. The number of carbonyl (C=O) groups excluding carboxylic acids is 1. The van der Waals surface area contributed by atoms with E-state index in [9.17, 15) is 9.18 Å². The number of aromatic nitrogens is 2. The van der Waals surface area contributed by atoms with E-state index >= 15 is 0 Å². The van der Waals surface area contributed by atoms with Crippen LogP contribution in [0.1, 0.15) is 29.2 Å². The van der Waals surface area contributed by atoms with Crippen molar-refractivity contribution in [3.63, 3.8) is 0 Å². The van der Waals surface area contributed by atoms with Crippen molar-refractivity contribution in [2.75, 3.05) is 7.11 Å². The quantitative estimate of drug-likeness (QED) is 0.600. The van der Waals surface area contributed by atoms with E-state index in [2.05, 4.69) is 5.10 Å². The van der Waals surface area contributed by atoms with Gasteiger partial charge < -0.3 is 4.74 Å². The molecule has 130 valence electrons. The Morgan fingerprint density at radius 1 is 1.46 bits per heavy atom. The maximum Gasteiger partial charge on any atom is 0.245 e. The maximum atomic E-state index is 13.3. The van der Waals surface area contributed by atoms with E-state index in [-0.39, 0.29) is 18.2 Å². The summed E-state index contributed by atoms with van der Waals surface area (Å²) in [5, 5.41) is 13.0. The van der Waals surface area contributed by atoms with Gasteiger partial charge in [0.2, 0.25) is 5.91 Å². The fourth-order valence-corrected chi connectivity index (χ4v) is 2.92. The number of carbonyl (C=O) groups is 1. The predicted octanol–water partition coefficient (Wildman–Crippen LogP) is 2.10. The highest BCUT2D eigenvalue weighted by molar-refractivity contribution is 5.75. The maximum absolute atomic E-state index is 13.3. The van der Waals surface area contributed by atoms with Crippen LogP contribution in [0.25, 0.3) is 0 Å². The Hall–Kier alpha value is -2.25. The first-order valence-electron chi connectivity index (χ1n) is 7.65. The molecule has 1 aromatic heterocycles. The molecule has 0 aliphatic carbocycles. The molecule has 0 saturated heterocycles. The number of amides is 1. The van der Waals surface area contributed by atoms with Crippen LogP contribution in [0.4, 0.5) is 4.39 Å². The Morgan fingerprint density at radius 2 is 2.21 bits per heavy atom.